The van der Waals surface area contributed by atoms with Gasteiger partial charge in [-0.1, -0.05) is 130 Å². The van der Waals surface area contributed by atoms with Crippen molar-refractivity contribution >= 4 is 54.6 Å². The fraction of sp³-hybridized carbons (Fsp3) is 0.0851. The van der Waals surface area contributed by atoms with Crippen molar-refractivity contribution in [1.82, 2.24) is 4.57 Å². The maximum Gasteiger partial charge on any atom is 0.138 e. The number of para-hydroxylation sites is 2. The van der Waals surface area contributed by atoms with Crippen LogP contribution in [0.15, 0.2) is 157 Å². The quantitative estimate of drug-likeness (QED) is 0.182. The Morgan fingerprint density at radius 2 is 1.41 bits per heavy atom. The number of nitrogens with zero attached hydrogens (tertiary/aromatic N) is 2. The van der Waals surface area contributed by atoms with Crippen molar-refractivity contribution in [3.63, 3.8) is 0 Å². The van der Waals surface area contributed by atoms with Crippen molar-refractivity contribution in [1.29, 1.82) is 0 Å². The van der Waals surface area contributed by atoms with Crippen molar-refractivity contribution in [3.8, 4) is 28.0 Å². The van der Waals surface area contributed by atoms with E-state index in [1.807, 2.05) is 11.3 Å². The molecular weight excluding hydrogens is 641 g/mol. The summed E-state index contributed by atoms with van der Waals surface area (Å²) >= 11 is 1.83. The van der Waals surface area contributed by atoms with Gasteiger partial charge in [-0.25, -0.2) is 4.99 Å². The summed E-state index contributed by atoms with van der Waals surface area (Å²) in [7, 11) is 1.80. The number of ether oxygens (including phenoxy) is 1. The molecule has 0 unspecified atom stereocenters. The molecule has 2 aromatic heterocycles. The summed E-state index contributed by atoms with van der Waals surface area (Å²) in [5.41, 5.74) is 11.4. The van der Waals surface area contributed by atoms with Crippen molar-refractivity contribution in [3.05, 3.63) is 178 Å². The van der Waals surface area contributed by atoms with Gasteiger partial charge in [-0.05, 0) is 58.2 Å². The van der Waals surface area contributed by atoms with Gasteiger partial charge in [0.1, 0.15) is 11.6 Å². The molecule has 4 heteroatoms. The zero-order valence-corrected chi connectivity index (χ0v) is 29.5. The zero-order chi connectivity index (χ0) is 34.4. The SMILES string of the molecule is C=C1C=C(n2c3ccccc3c3c(OC)c4c(cc32)C(C)(C)c2ccccc2-4)N=c2ccccc2=C1c1sc2ccccc2c1-c1ccccc1. The first-order valence-corrected chi connectivity index (χ1v) is 18.2. The minimum Gasteiger partial charge on any atom is -0.495 e. The van der Waals surface area contributed by atoms with Crippen LogP contribution in [-0.4, -0.2) is 11.7 Å². The summed E-state index contributed by atoms with van der Waals surface area (Å²) in [5.74, 6) is 1.74. The molecule has 3 nitrogen and oxygen atoms in total. The summed E-state index contributed by atoms with van der Waals surface area (Å²) < 4.78 is 9.98. The molecule has 51 heavy (non-hydrogen) atoms. The smallest absolute Gasteiger partial charge is 0.138 e. The highest BCUT2D eigenvalue weighted by Crippen LogP contribution is 2.56. The molecule has 0 fully saturated rings. The van der Waals surface area contributed by atoms with Gasteiger partial charge in [0.05, 0.1) is 28.9 Å². The van der Waals surface area contributed by atoms with Crippen LogP contribution in [0.5, 0.6) is 5.75 Å². The van der Waals surface area contributed by atoms with Gasteiger partial charge in [-0.15, -0.1) is 11.3 Å². The van der Waals surface area contributed by atoms with Gasteiger partial charge >= 0.3 is 0 Å². The Morgan fingerprint density at radius 1 is 0.706 bits per heavy atom. The van der Waals surface area contributed by atoms with Crippen LogP contribution in [0.4, 0.5) is 0 Å². The van der Waals surface area contributed by atoms with Crippen LogP contribution >= 0.6 is 11.3 Å². The highest BCUT2D eigenvalue weighted by molar-refractivity contribution is 7.20. The van der Waals surface area contributed by atoms with Gasteiger partial charge in [0, 0.05) is 47.7 Å². The van der Waals surface area contributed by atoms with Gasteiger partial charge in [0.25, 0.3) is 0 Å². The number of hydrogen-bond acceptors (Lipinski definition) is 3. The second-order valence-electron chi connectivity index (χ2n) is 13.9. The van der Waals surface area contributed by atoms with Gasteiger partial charge in [0.15, 0.2) is 0 Å². The number of thiophene rings is 1. The third-order valence-electron chi connectivity index (χ3n) is 10.8. The molecule has 10 rings (SSSR count). The Bertz CT molecular complexity index is 2940. The number of fused-ring (bicyclic) bond motifs is 8. The van der Waals surface area contributed by atoms with Crippen LogP contribution < -0.4 is 15.3 Å². The van der Waals surface area contributed by atoms with Crippen LogP contribution in [0.25, 0.3) is 65.5 Å². The van der Waals surface area contributed by atoms with Crippen LogP contribution in [0.1, 0.15) is 29.9 Å². The van der Waals surface area contributed by atoms with Crippen LogP contribution in [0, 0.1) is 0 Å². The normalized spacial score (nSPS) is 14.6. The number of rotatable bonds is 4. The first-order chi connectivity index (χ1) is 25.0. The monoisotopic (exact) mass is 674 g/mol. The molecule has 244 valence electrons. The van der Waals surface area contributed by atoms with Gasteiger partial charge in [-0.2, -0.15) is 0 Å². The molecule has 6 aromatic carbocycles. The summed E-state index contributed by atoms with van der Waals surface area (Å²) in [5, 5.41) is 5.47. The third kappa shape index (κ3) is 4.20. The summed E-state index contributed by atoms with van der Waals surface area (Å²) in [4.78, 5) is 6.70. The van der Waals surface area contributed by atoms with E-state index in [0.717, 1.165) is 55.1 Å². The Labute approximate surface area is 300 Å². The molecular formula is C47H34N2OS. The molecule has 1 aliphatic carbocycles. The predicted molar refractivity (Wildman–Crippen MR) is 214 cm³/mol. The molecule has 0 amide bonds. The number of benzene rings is 6. The van der Waals surface area contributed by atoms with E-state index < -0.39 is 0 Å². The molecule has 0 radical (unpaired) electrons. The maximum absolute atomic E-state index is 6.41. The lowest BCUT2D eigenvalue weighted by Crippen LogP contribution is -2.27. The third-order valence-corrected chi connectivity index (χ3v) is 12.0. The molecule has 0 spiro atoms. The van der Waals surface area contributed by atoms with Crippen LogP contribution in [0.3, 0.4) is 0 Å². The van der Waals surface area contributed by atoms with Crippen molar-refractivity contribution < 1.29 is 4.74 Å². The molecule has 0 saturated carbocycles. The minimum absolute atomic E-state index is 0.199. The van der Waals surface area contributed by atoms with E-state index in [-0.39, 0.29) is 5.41 Å². The largest absolute Gasteiger partial charge is 0.495 e. The van der Waals surface area contributed by atoms with Crippen molar-refractivity contribution in [2.75, 3.05) is 7.11 Å². The lowest BCUT2D eigenvalue weighted by Gasteiger charge is -2.22. The number of aromatic nitrogens is 1. The van der Waals surface area contributed by atoms with E-state index in [1.54, 1.807) is 7.11 Å². The number of methoxy groups -OCH3 is 1. The molecule has 2 aliphatic rings. The Hall–Kier alpha value is -5.97. The Morgan fingerprint density at radius 3 is 2.25 bits per heavy atom. The second kappa shape index (κ2) is 11.0. The Kier molecular flexibility index (Phi) is 6.46. The van der Waals surface area contributed by atoms with E-state index in [9.17, 15) is 0 Å². The van der Waals surface area contributed by atoms with Crippen molar-refractivity contribution in [2.24, 2.45) is 4.99 Å². The fourth-order valence-corrected chi connectivity index (χ4v) is 9.85. The van der Waals surface area contributed by atoms with Crippen LogP contribution in [-0.2, 0) is 5.41 Å². The zero-order valence-electron chi connectivity index (χ0n) is 28.7. The van der Waals surface area contributed by atoms with E-state index in [1.165, 1.54) is 48.3 Å². The average molecular weight is 675 g/mol. The molecule has 3 heterocycles. The summed E-state index contributed by atoms with van der Waals surface area (Å²) in [6, 6.07) is 47.7. The maximum atomic E-state index is 6.41. The van der Waals surface area contributed by atoms with Crippen molar-refractivity contribution in [2.45, 2.75) is 19.3 Å². The number of allylic oxidation sites excluding steroid dienone is 2. The molecule has 0 bridgehead atoms. The summed E-state index contributed by atoms with van der Waals surface area (Å²) in [6.45, 7) is 9.43. The van der Waals surface area contributed by atoms with Gasteiger partial charge < -0.3 is 4.74 Å². The molecule has 8 aromatic rings. The second-order valence-corrected chi connectivity index (χ2v) is 15.0. The van der Waals surface area contributed by atoms with Gasteiger partial charge in [-0.3, -0.25) is 4.57 Å². The highest BCUT2D eigenvalue weighted by atomic mass is 32.1. The first-order valence-electron chi connectivity index (χ1n) is 17.4. The lowest BCUT2D eigenvalue weighted by atomic mass is 9.82. The standard InChI is InChI=1S/C47H34N2OS/c1-28-26-40(48-36-23-13-9-19-31(36)41(28)46-42(29-16-6-5-7-17-29)33-21-11-15-25-39(33)51-46)49-37-24-14-10-20-32(37)44-38(49)27-35-43(45(44)50-4)30-18-8-12-22-34(30)47(35,2)3/h5-27H,1H2,2-4H3. The average Bonchev–Trinajstić information content (AvgIpc) is 3.74. The van der Waals surface area contributed by atoms with E-state index in [4.69, 9.17) is 16.3 Å². The Balaban J connectivity index is 1.28. The predicted octanol–water partition coefficient (Wildman–Crippen LogP) is 10.9. The molecule has 0 atom stereocenters. The summed E-state index contributed by atoms with van der Waals surface area (Å²) in [6.07, 6.45) is 2.18. The van der Waals surface area contributed by atoms with E-state index in [0.29, 0.717) is 0 Å². The van der Waals surface area contributed by atoms with E-state index in [2.05, 4.69) is 158 Å². The number of hydrogen-bond donors (Lipinski definition) is 0. The first kappa shape index (κ1) is 29.9. The molecule has 0 saturated heterocycles. The lowest BCUT2D eigenvalue weighted by molar-refractivity contribution is 0.421. The molecule has 0 N–H and O–H groups in total. The highest BCUT2D eigenvalue weighted by Gasteiger charge is 2.39. The van der Waals surface area contributed by atoms with Gasteiger partial charge in [0.2, 0.25) is 0 Å². The van der Waals surface area contributed by atoms with Crippen LogP contribution in [0.2, 0.25) is 0 Å². The minimum atomic E-state index is -0.199. The van der Waals surface area contributed by atoms with E-state index >= 15 is 0 Å². The molecule has 1 aliphatic heterocycles. The topological polar surface area (TPSA) is 26.5 Å². The fourth-order valence-electron chi connectivity index (χ4n) is 8.53.